The van der Waals surface area contributed by atoms with Gasteiger partial charge in [0.2, 0.25) is 6.10 Å². The quantitative estimate of drug-likeness (QED) is 0.636. The molecule has 0 saturated heterocycles. The number of halogens is 6. The van der Waals surface area contributed by atoms with Gasteiger partial charge in [-0.05, 0) is 13.8 Å². The highest BCUT2D eigenvalue weighted by Gasteiger charge is 2.58. The summed E-state index contributed by atoms with van der Waals surface area (Å²) in [6.45, 7) is 2.20. The van der Waals surface area contributed by atoms with Crippen LogP contribution in [0.15, 0.2) is 0 Å². The molecule has 0 aliphatic carbocycles. The van der Waals surface area contributed by atoms with Crippen LogP contribution < -0.4 is 0 Å². The maximum absolute atomic E-state index is 11.7. The van der Waals surface area contributed by atoms with Crippen LogP contribution in [-0.4, -0.2) is 24.6 Å². The third kappa shape index (κ3) is 4.35. The summed E-state index contributed by atoms with van der Waals surface area (Å²) in [5, 5.41) is 0. The average molecular weight is 210 g/mol. The lowest BCUT2D eigenvalue weighted by Gasteiger charge is -2.24. The van der Waals surface area contributed by atoms with Crippen molar-refractivity contribution in [2.75, 3.05) is 0 Å². The topological polar surface area (TPSA) is 9.23 Å². The lowest BCUT2D eigenvalue weighted by Crippen LogP contribution is -2.45. The first-order valence-electron chi connectivity index (χ1n) is 3.34. The van der Waals surface area contributed by atoms with Crippen molar-refractivity contribution < 1.29 is 31.1 Å². The Kier molecular flexibility index (Phi) is 3.60. The molecule has 0 atom stereocenters. The van der Waals surface area contributed by atoms with E-state index in [0.29, 0.717) is 0 Å². The Morgan fingerprint density at radius 3 is 1.23 bits per heavy atom. The van der Waals surface area contributed by atoms with Crippen molar-refractivity contribution >= 4 is 0 Å². The second kappa shape index (κ2) is 3.73. The van der Waals surface area contributed by atoms with Gasteiger partial charge in [0.05, 0.1) is 6.10 Å². The van der Waals surface area contributed by atoms with E-state index in [4.69, 9.17) is 0 Å². The number of hydrogen-bond donors (Lipinski definition) is 0. The van der Waals surface area contributed by atoms with E-state index in [0.717, 1.165) is 13.8 Å². The van der Waals surface area contributed by atoms with Gasteiger partial charge < -0.3 is 4.74 Å². The Morgan fingerprint density at radius 2 is 1.15 bits per heavy atom. The Bertz CT molecular complexity index is 143. The zero-order valence-corrected chi connectivity index (χ0v) is 6.83. The van der Waals surface area contributed by atoms with Crippen molar-refractivity contribution in [1.82, 2.24) is 0 Å². The van der Waals surface area contributed by atoms with E-state index in [-0.39, 0.29) is 0 Å². The molecule has 0 N–H and O–H groups in total. The van der Waals surface area contributed by atoms with E-state index >= 15 is 0 Å². The van der Waals surface area contributed by atoms with Crippen LogP contribution in [0.3, 0.4) is 0 Å². The molecule has 0 rings (SSSR count). The van der Waals surface area contributed by atoms with E-state index in [9.17, 15) is 26.3 Å². The lowest BCUT2D eigenvalue weighted by molar-refractivity contribution is -0.328. The maximum atomic E-state index is 11.7. The van der Waals surface area contributed by atoms with E-state index < -0.39 is 24.6 Å². The summed E-state index contributed by atoms with van der Waals surface area (Å²) >= 11 is 0. The van der Waals surface area contributed by atoms with Crippen LogP contribution in [0.1, 0.15) is 13.8 Å². The normalized spacial score (nSPS) is 14.3. The van der Waals surface area contributed by atoms with Gasteiger partial charge in [0.1, 0.15) is 0 Å². The van der Waals surface area contributed by atoms with Gasteiger partial charge in [0, 0.05) is 0 Å². The molecule has 0 aromatic carbocycles. The fourth-order valence-corrected chi connectivity index (χ4v) is 0.612. The van der Waals surface area contributed by atoms with Crippen molar-refractivity contribution in [2.24, 2.45) is 0 Å². The first-order valence-corrected chi connectivity index (χ1v) is 3.34. The molecule has 0 unspecified atom stereocenters. The number of hydrogen-bond acceptors (Lipinski definition) is 1. The van der Waals surface area contributed by atoms with E-state index in [2.05, 4.69) is 4.74 Å². The molecule has 0 aliphatic heterocycles. The summed E-state index contributed by atoms with van der Waals surface area (Å²) in [7, 11) is 0. The Morgan fingerprint density at radius 1 is 0.846 bits per heavy atom. The molecule has 0 fully saturated rings. The smallest absolute Gasteiger partial charge is 0.358 e. The van der Waals surface area contributed by atoms with Crippen molar-refractivity contribution in [1.29, 1.82) is 0 Å². The van der Waals surface area contributed by atoms with Crippen LogP contribution >= 0.6 is 0 Å². The van der Waals surface area contributed by atoms with Gasteiger partial charge in [-0.15, -0.1) is 0 Å². The van der Waals surface area contributed by atoms with Gasteiger partial charge in [-0.1, -0.05) is 0 Å². The lowest BCUT2D eigenvalue weighted by atomic mass is 10.3. The zero-order valence-electron chi connectivity index (χ0n) is 6.83. The molecule has 13 heavy (non-hydrogen) atoms. The van der Waals surface area contributed by atoms with Gasteiger partial charge in [0.15, 0.2) is 0 Å². The first-order chi connectivity index (χ1) is 5.55. The van der Waals surface area contributed by atoms with Crippen molar-refractivity contribution in [2.45, 2.75) is 38.4 Å². The fourth-order valence-electron chi connectivity index (χ4n) is 0.612. The fraction of sp³-hybridized carbons (Fsp3) is 1.00. The minimum absolute atomic E-state index is 1.10. The molecular formula is C6H8F6O. The van der Waals surface area contributed by atoms with Crippen LogP contribution in [-0.2, 0) is 4.74 Å². The number of ether oxygens (including phenoxy) is 1. The standard InChI is InChI=1S/C6H8F6O/c1-3(2)13-4(5(7,8)9)6(10,11)12/h3-4H,1-2H3. The molecule has 1 nitrogen and oxygen atoms in total. The zero-order chi connectivity index (χ0) is 10.9. The summed E-state index contributed by atoms with van der Waals surface area (Å²) in [6, 6.07) is 0. The van der Waals surface area contributed by atoms with Crippen molar-refractivity contribution in [3.05, 3.63) is 0 Å². The summed E-state index contributed by atoms with van der Waals surface area (Å²) in [4.78, 5) is 0. The van der Waals surface area contributed by atoms with E-state index in [1.165, 1.54) is 0 Å². The minimum atomic E-state index is -5.41. The summed E-state index contributed by atoms with van der Waals surface area (Å²) in [6.07, 6.45) is -15.7. The Labute approximate surface area is 70.7 Å². The minimum Gasteiger partial charge on any atom is -0.358 e. The third-order valence-electron chi connectivity index (χ3n) is 1.00. The van der Waals surface area contributed by atoms with Gasteiger partial charge in [-0.25, -0.2) is 0 Å². The highest BCUT2D eigenvalue weighted by Crippen LogP contribution is 2.36. The van der Waals surface area contributed by atoms with Gasteiger partial charge >= 0.3 is 12.4 Å². The highest BCUT2D eigenvalue weighted by molar-refractivity contribution is 4.76. The molecule has 0 aromatic heterocycles. The SMILES string of the molecule is CC(C)OC(C(F)(F)F)C(F)(F)F. The van der Waals surface area contributed by atoms with Crippen LogP contribution in [0.2, 0.25) is 0 Å². The second-order valence-electron chi connectivity index (χ2n) is 2.65. The molecule has 0 aliphatic rings. The van der Waals surface area contributed by atoms with Crippen LogP contribution in [0, 0.1) is 0 Å². The molecule has 7 heteroatoms. The maximum Gasteiger partial charge on any atom is 0.423 e. The summed E-state index contributed by atoms with van der Waals surface area (Å²) in [5.74, 6) is 0. The summed E-state index contributed by atoms with van der Waals surface area (Å²) < 4.78 is 74.1. The van der Waals surface area contributed by atoms with Crippen molar-refractivity contribution in [3.8, 4) is 0 Å². The monoisotopic (exact) mass is 210 g/mol. The Hall–Kier alpha value is -0.460. The summed E-state index contributed by atoms with van der Waals surface area (Å²) in [5.41, 5.74) is 0. The number of alkyl halides is 6. The van der Waals surface area contributed by atoms with Crippen LogP contribution in [0.25, 0.3) is 0 Å². The molecular weight excluding hydrogens is 202 g/mol. The molecule has 0 radical (unpaired) electrons. The Balaban J connectivity index is 4.58. The predicted molar refractivity (Wildman–Crippen MR) is 32.1 cm³/mol. The molecule has 80 valence electrons. The largest absolute Gasteiger partial charge is 0.423 e. The van der Waals surface area contributed by atoms with Crippen molar-refractivity contribution in [3.63, 3.8) is 0 Å². The molecule has 0 bridgehead atoms. The molecule has 0 heterocycles. The third-order valence-corrected chi connectivity index (χ3v) is 1.00. The average Bonchev–Trinajstić information content (AvgIpc) is 1.77. The first kappa shape index (κ1) is 12.5. The van der Waals surface area contributed by atoms with Gasteiger partial charge in [-0.2, -0.15) is 26.3 Å². The molecule has 0 spiro atoms. The van der Waals surface area contributed by atoms with E-state index in [1.807, 2.05) is 0 Å². The number of rotatable bonds is 2. The van der Waals surface area contributed by atoms with Crippen LogP contribution in [0.4, 0.5) is 26.3 Å². The van der Waals surface area contributed by atoms with Gasteiger partial charge in [-0.3, -0.25) is 0 Å². The predicted octanol–water partition coefficient (Wildman–Crippen LogP) is 2.90. The molecule has 0 saturated carbocycles. The van der Waals surface area contributed by atoms with Crippen LogP contribution in [0.5, 0.6) is 0 Å². The van der Waals surface area contributed by atoms with E-state index in [1.54, 1.807) is 0 Å². The second-order valence-corrected chi connectivity index (χ2v) is 2.65. The molecule has 0 aromatic rings. The highest BCUT2D eigenvalue weighted by atomic mass is 19.4. The molecule has 0 amide bonds. The van der Waals surface area contributed by atoms with Gasteiger partial charge in [0.25, 0.3) is 0 Å².